The van der Waals surface area contributed by atoms with E-state index >= 15 is 0 Å². The number of rotatable bonds is 5. The Morgan fingerprint density at radius 1 is 0.720 bits per heavy atom. The van der Waals surface area contributed by atoms with Gasteiger partial charge < -0.3 is 14.6 Å². The molecule has 8 heteroatoms. The Labute approximate surface area is 140 Å². The molecule has 0 saturated heterocycles. The summed E-state index contributed by atoms with van der Waals surface area (Å²) >= 11 is 0. The smallest absolute Gasteiger partial charge is 0.457 e. The molecule has 0 aliphatic heterocycles. The average molecular weight is 362 g/mol. The highest BCUT2D eigenvalue weighted by molar-refractivity contribution is 5.51. The first-order valence-electron chi connectivity index (χ1n) is 7.05. The summed E-state index contributed by atoms with van der Waals surface area (Å²) in [7, 11) is 2.21. The van der Waals surface area contributed by atoms with E-state index in [9.17, 15) is 27.1 Å². The molecule has 3 nitrogen and oxygen atoms in total. The number of aliphatic hydroxyl groups is 1. The van der Waals surface area contributed by atoms with Crippen molar-refractivity contribution in [1.29, 1.82) is 0 Å². The summed E-state index contributed by atoms with van der Waals surface area (Å²) in [5, 5.41) is 10.8. The standard InChI is InChI=1S/C17H15F5O3/c1-24-13-9-5-3-7-11(13)15(23,16(18,19)17(20,21)22)12-8-4-6-10-14(12)25-2/h3-10,23H,1-2H3. The van der Waals surface area contributed by atoms with Gasteiger partial charge in [-0.3, -0.25) is 0 Å². The number of alkyl halides is 5. The van der Waals surface area contributed by atoms with Crippen LogP contribution in [-0.4, -0.2) is 31.4 Å². The highest BCUT2D eigenvalue weighted by Crippen LogP contribution is 2.55. The third kappa shape index (κ3) is 2.90. The number of methoxy groups -OCH3 is 2. The molecular weight excluding hydrogens is 347 g/mol. The van der Waals surface area contributed by atoms with Gasteiger partial charge in [-0.25, -0.2) is 0 Å². The summed E-state index contributed by atoms with van der Waals surface area (Å²) in [6.45, 7) is 0. The van der Waals surface area contributed by atoms with Crippen LogP contribution in [0.2, 0.25) is 0 Å². The van der Waals surface area contributed by atoms with E-state index in [1.165, 1.54) is 36.4 Å². The fourth-order valence-electron chi connectivity index (χ4n) is 2.58. The van der Waals surface area contributed by atoms with Gasteiger partial charge in [-0.15, -0.1) is 0 Å². The van der Waals surface area contributed by atoms with Crippen LogP contribution >= 0.6 is 0 Å². The first-order chi connectivity index (χ1) is 11.6. The molecule has 0 aromatic heterocycles. The Bertz CT molecular complexity index is 696. The molecular formula is C17H15F5O3. The van der Waals surface area contributed by atoms with Gasteiger partial charge in [0, 0.05) is 11.1 Å². The second-order valence-corrected chi connectivity index (χ2v) is 5.18. The molecule has 0 unspecified atom stereocenters. The molecule has 0 atom stereocenters. The SMILES string of the molecule is COc1ccccc1C(O)(c1ccccc1OC)C(F)(F)C(F)(F)F. The quantitative estimate of drug-likeness (QED) is 0.813. The van der Waals surface area contributed by atoms with Gasteiger partial charge in [0.2, 0.25) is 0 Å². The van der Waals surface area contributed by atoms with Crippen LogP contribution in [0, 0.1) is 0 Å². The van der Waals surface area contributed by atoms with E-state index in [1.807, 2.05) is 0 Å². The van der Waals surface area contributed by atoms with Gasteiger partial charge >= 0.3 is 12.1 Å². The summed E-state index contributed by atoms with van der Waals surface area (Å²) in [4.78, 5) is 0. The number of halogens is 5. The van der Waals surface area contributed by atoms with Crippen LogP contribution in [-0.2, 0) is 5.60 Å². The summed E-state index contributed by atoms with van der Waals surface area (Å²) < 4.78 is 78.3. The lowest BCUT2D eigenvalue weighted by Crippen LogP contribution is -2.55. The predicted octanol–water partition coefficient (Wildman–Crippen LogP) is 4.14. The molecule has 1 N–H and O–H groups in total. The molecule has 0 radical (unpaired) electrons. The molecule has 0 aliphatic carbocycles. The molecule has 2 aromatic carbocycles. The number of hydrogen-bond donors (Lipinski definition) is 1. The molecule has 136 valence electrons. The van der Waals surface area contributed by atoms with Crippen LogP contribution in [0.25, 0.3) is 0 Å². The number of ether oxygens (including phenoxy) is 2. The molecule has 0 spiro atoms. The van der Waals surface area contributed by atoms with Crippen molar-refractivity contribution < 1.29 is 36.5 Å². The Morgan fingerprint density at radius 3 is 1.40 bits per heavy atom. The minimum absolute atomic E-state index is 0.320. The van der Waals surface area contributed by atoms with Crippen LogP contribution in [0.15, 0.2) is 48.5 Å². The number of hydrogen-bond acceptors (Lipinski definition) is 3. The van der Waals surface area contributed by atoms with Crippen LogP contribution in [0.4, 0.5) is 22.0 Å². The van der Waals surface area contributed by atoms with Gasteiger partial charge in [-0.05, 0) is 12.1 Å². The first kappa shape index (κ1) is 19.0. The van der Waals surface area contributed by atoms with E-state index in [-0.39, 0.29) is 11.5 Å². The van der Waals surface area contributed by atoms with Crippen molar-refractivity contribution in [2.24, 2.45) is 0 Å². The topological polar surface area (TPSA) is 38.7 Å². The van der Waals surface area contributed by atoms with Crippen molar-refractivity contribution in [3.63, 3.8) is 0 Å². The zero-order chi connectivity index (χ0) is 18.9. The normalized spacial score (nSPS) is 12.8. The predicted molar refractivity (Wildman–Crippen MR) is 80.0 cm³/mol. The Morgan fingerprint density at radius 2 is 1.08 bits per heavy atom. The maximum absolute atomic E-state index is 14.5. The van der Waals surface area contributed by atoms with E-state index in [4.69, 9.17) is 9.47 Å². The van der Waals surface area contributed by atoms with Crippen molar-refractivity contribution >= 4 is 0 Å². The van der Waals surface area contributed by atoms with E-state index in [0.29, 0.717) is 0 Å². The van der Waals surface area contributed by atoms with Gasteiger partial charge in [0.15, 0.2) is 5.60 Å². The lowest BCUT2D eigenvalue weighted by Gasteiger charge is -2.38. The zero-order valence-electron chi connectivity index (χ0n) is 13.3. The molecule has 2 aromatic rings. The Kier molecular flexibility index (Phi) is 4.94. The lowest BCUT2D eigenvalue weighted by atomic mass is 9.79. The van der Waals surface area contributed by atoms with E-state index in [0.717, 1.165) is 26.4 Å². The Balaban J connectivity index is 2.91. The van der Waals surface area contributed by atoms with Gasteiger partial charge in [0.05, 0.1) is 14.2 Å². The lowest BCUT2D eigenvalue weighted by molar-refractivity contribution is -0.336. The molecule has 2 rings (SSSR count). The van der Waals surface area contributed by atoms with Crippen molar-refractivity contribution in [2.75, 3.05) is 14.2 Å². The van der Waals surface area contributed by atoms with E-state index in [2.05, 4.69) is 0 Å². The fourth-order valence-corrected chi connectivity index (χ4v) is 2.58. The van der Waals surface area contributed by atoms with Gasteiger partial charge in [-0.2, -0.15) is 22.0 Å². The Hall–Kier alpha value is -2.35. The minimum Gasteiger partial charge on any atom is -0.496 e. The monoisotopic (exact) mass is 362 g/mol. The second-order valence-electron chi connectivity index (χ2n) is 5.18. The first-order valence-corrected chi connectivity index (χ1v) is 7.05. The molecule has 25 heavy (non-hydrogen) atoms. The molecule has 0 heterocycles. The largest absolute Gasteiger partial charge is 0.496 e. The van der Waals surface area contributed by atoms with Crippen LogP contribution in [0.1, 0.15) is 11.1 Å². The summed E-state index contributed by atoms with van der Waals surface area (Å²) in [5.41, 5.74) is -5.22. The van der Waals surface area contributed by atoms with Crippen LogP contribution < -0.4 is 9.47 Å². The van der Waals surface area contributed by atoms with Crippen molar-refractivity contribution in [2.45, 2.75) is 17.7 Å². The fraction of sp³-hybridized carbons (Fsp3) is 0.294. The minimum atomic E-state index is -6.02. The maximum Gasteiger partial charge on any atom is 0.457 e. The molecule has 0 bridgehead atoms. The molecule has 0 fully saturated rings. The summed E-state index contributed by atoms with van der Waals surface area (Å²) in [6, 6.07) is 9.49. The van der Waals surface area contributed by atoms with Crippen molar-refractivity contribution in [3.8, 4) is 11.5 Å². The number of para-hydroxylation sites is 2. The molecule has 0 saturated carbocycles. The van der Waals surface area contributed by atoms with E-state index < -0.39 is 28.8 Å². The maximum atomic E-state index is 14.5. The molecule has 0 amide bonds. The zero-order valence-corrected chi connectivity index (χ0v) is 13.3. The van der Waals surface area contributed by atoms with Crippen molar-refractivity contribution in [3.05, 3.63) is 59.7 Å². The van der Waals surface area contributed by atoms with Gasteiger partial charge in [-0.1, -0.05) is 36.4 Å². The molecule has 0 aliphatic rings. The van der Waals surface area contributed by atoms with E-state index in [1.54, 1.807) is 0 Å². The average Bonchev–Trinajstić information content (AvgIpc) is 2.59. The van der Waals surface area contributed by atoms with Crippen LogP contribution in [0.5, 0.6) is 11.5 Å². The summed E-state index contributed by atoms with van der Waals surface area (Å²) in [6.07, 6.45) is -6.02. The van der Waals surface area contributed by atoms with Gasteiger partial charge in [0.25, 0.3) is 0 Å². The summed E-state index contributed by atoms with van der Waals surface area (Å²) in [5.74, 6) is -6.16. The third-order valence-electron chi connectivity index (χ3n) is 3.80. The highest BCUT2D eigenvalue weighted by atomic mass is 19.4. The van der Waals surface area contributed by atoms with Gasteiger partial charge in [0.1, 0.15) is 11.5 Å². The number of benzene rings is 2. The second kappa shape index (κ2) is 6.51. The highest BCUT2D eigenvalue weighted by Gasteiger charge is 2.72. The van der Waals surface area contributed by atoms with Crippen molar-refractivity contribution in [1.82, 2.24) is 0 Å². The third-order valence-corrected chi connectivity index (χ3v) is 3.80. The van der Waals surface area contributed by atoms with Crippen LogP contribution in [0.3, 0.4) is 0 Å².